The van der Waals surface area contributed by atoms with E-state index in [4.69, 9.17) is 15.0 Å². The number of aliphatic hydroxyl groups is 1. The molecule has 0 spiro atoms. The smallest absolute Gasteiger partial charge is 0.401 e. The van der Waals surface area contributed by atoms with Crippen LogP contribution in [0.15, 0.2) is 30.3 Å². The third-order valence-corrected chi connectivity index (χ3v) is 2.39. The second kappa shape index (κ2) is 10.1. The van der Waals surface area contributed by atoms with E-state index in [1.807, 2.05) is 6.07 Å². The van der Waals surface area contributed by atoms with Crippen LogP contribution in [0.1, 0.15) is 25.3 Å². The van der Waals surface area contributed by atoms with E-state index in [0.717, 1.165) is 12.8 Å². The number of carbonyl (C=O) groups is 1. The highest BCUT2D eigenvalue weighted by Gasteiger charge is 2.00. The van der Waals surface area contributed by atoms with Gasteiger partial charge in [0.05, 0.1) is 0 Å². The van der Waals surface area contributed by atoms with Crippen molar-refractivity contribution in [2.45, 2.75) is 26.2 Å². The van der Waals surface area contributed by atoms with E-state index in [1.165, 1.54) is 12.0 Å². The van der Waals surface area contributed by atoms with E-state index in [9.17, 15) is 0 Å². The lowest BCUT2D eigenvalue weighted by Gasteiger charge is -2.08. The minimum absolute atomic E-state index is 0.315. The molecule has 0 radical (unpaired) electrons. The maximum Gasteiger partial charge on any atom is 0.401 e. The molecule has 1 aromatic carbocycles. The van der Waals surface area contributed by atoms with Gasteiger partial charge in [-0.3, -0.25) is 0 Å². The van der Waals surface area contributed by atoms with E-state index in [0.29, 0.717) is 12.5 Å². The minimum Gasteiger partial charge on any atom is -0.469 e. The summed E-state index contributed by atoms with van der Waals surface area (Å²) in [4.78, 5) is 8.77. The Kier molecular flexibility index (Phi) is 9.49. The van der Waals surface area contributed by atoms with Crippen LogP contribution in [-0.2, 0) is 6.42 Å². The number of carboxylic acid groups (broad SMARTS) is 1. The van der Waals surface area contributed by atoms with Crippen molar-refractivity contribution in [2.75, 3.05) is 6.61 Å². The molecule has 0 heterocycles. The van der Waals surface area contributed by atoms with Crippen LogP contribution in [0.25, 0.3) is 0 Å². The van der Waals surface area contributed by atoms with Crippen molar-refractivity contribution in [3.8, 4) is 0 Å². The van der Waals surface area contributed by atoms with Crippen molar-refractivity contribution >= 4 is 17.0 Å². The average Bonchev–Trinajstić information content (AvgIpc) is 2.27. The summed E-state index contributed by atoms with van der Waals surface area (Å²) in [6, 6.07) is 10.5. The lowest BCUT2D eigenvalue weighted by molar-refractivity contribution is 0.220. The van der Waals surface area contributed by atoms with Crippen molar-refractivity contribution in [1.29, 1.82) is 0 Å². The molecule has 3 nitrogen and oxygen atoms in total. The molecule has 0 aliphatic heterocycles. The Morgan fingerprint density at radius 1 is 1.29 bits per heavy atom. The van der Waals surface area contributed by atoms with Crippen molar-refractivity contribution in [2.24, 2.45) is 5.92 Å². The molecular formula is C13H19ClO3. The molecule has 1 aromatic rings. The first-order valence-corrected chi connectivity index (χ1v) is 5.97. The fourth-order valence-corrected chi connectivity index (χ4v) is 1.42. The van der Waals surface area contributed by atoms with Crippen LogP contribution in [0.3, 0.4) is 0 Å². The maximum absolute atomic E-state index is 8.77. The SMILES string of the molecule is CC(CCO)CCc1ccccc1.O=C(O)Cl. The summed E-state index contributed by atoms with van der Waals surface area (Å²) in [6.07, 6.45) is 3.22. The van der Waals surface area contributed by atoms with E-state index in [2.05, 4.69) is 42.8 Å². The second-order valence-electron chi connectivity index (χ2n) is 3.89. The third-order valence-electron chi connectivity index (χ3n) is 2.39. The van der Waals surface area contributed by atoms with Crippen LogP contribution in [0.4, 0.5) is 4.79 Å². The highest BCUT2D eigenvalue weighted by molar-refractivity contribution is 6.60. The molecule has 1 unspecified atom stereocenters. The first-order valence-electron chi connectivity index (χ1n) is 5.59. The Bertz CT molecular complexity index is 297. The van der Waals surface area contributed by atoms with Crippen LogP contribution in [0.5, 0.6) is 0 Å². The summed E-state index contributed by atoms with van der Waals surface area (Å²) in [5.41, 5.74) is 0.0345. The molecule has 96 valence electrons. The van der Waals surface area contributed by atoms with Gasteiger partial charge in [-0.05, 0) is 30.7 Å². The molecule has 1 rings (SSSR count). The van der Waals surface area contributed by atoms with Gasteiger partial charge in [0.2, 0.25) is 0 Å². The Hall–Kier alpha value is -1.06. The molecule has 0 fully saturated rings. The van der Waals surface area contributed by atoms with Gasteiger partial charge in [-0.2, -0.15) is 0 Å². The van der Waals surface area contributed by atoms with Crippen molar-refractivity contribution in [3.05, 3.63) is 35.9 Å². The van der Waals surface area contributed by atoms with Gasteiger partial charge in [0.1, 0.15) is 0 Å². The van der Waals surface area contributed by atoms with E-state index >= 15 is 0 Å². The molecule has 0 aliphatic rings. The molecule has 0 saturated carbocycles. The quantitative estimate of drug-likeness (QED) is 0.794. The highest BCUT2D eigenvalue weighted by Crippen LogP contribution is 2.11. The molecule has 0 bridgehead atoms. The Labute approximate surface area is 107 Å². The Morgan fingerprint density at radius 2 is 1.82 bits per heavy atom. The summed E-state index contributed by atoms with van der Waals surface area (Å²) < 4.78 is 0. The number of aryl methyl sites for hydroxylation is 1. The first kappa shape index (κ1) is 15.9. The molecule has 17 heavy (non-hydrogen) atoms. The van der Waals surface area contributed by atoms with Crippen molar-refractivity contribution < 1.29 is 15.0 Å². The largest absolute Gasteiger partial charge is 0.469 e. The molecular weight excluding hydrogens is 240 g/mol. The summed E-state index contributed by atoms with van der Waals surface area (Å²) >= 11 is 4.19. The number of hydrogen-bond acceptors (Lipinski definition) is 2. The number of hydrogen-bond donors (Lipinski definition) is 2. The Morgan fingerprint density at radius 3 is 2.29 bits per heavy atom. The van der Waals surface area contributed by atoms with Crippen LogP contribution >= 0.6 is 11.6 Å². The molecule has 2 N–H and O–H groups in total. The summed E-state index contributed by atoms with van der Waals surface area (Å²) in [5, 5.41) is 15.9. The van der Waals surface area contributed by atoms with Gasteiger partial charge >= 0.3 is 5.43 Å². The predicted molar refractivity (Wildman–Crippen MR) is 69.5 cm³/mol. The van der Waals surface area contributed by atoms with Crippen LogP contribution in [0.2, 0.25) is 0 Å². The zero-order chi connectivity index (χ0) is 13.1. The van der Waals surface area contributed by atoms with E-state index in [-0.39, 0.29) is 0 Å². The number of rotatable bonds is 5. The van der Waals surface area contributed by atoms with Crippen LogP contribution < -0.4 is 0 Å². The first-order chi connectivity index (χ1) is 8.06. The molecule has 0 amide bonds. The number of halogens is 1. The maximum atomic E-state index is 8.77. The van der Waals surface area contributed by atoms with E-state index in [1.54, 1.807) is 0 Å². The van der Waals surface area contributed by atoms with Gasteiger partial charge in [0, 0.05) is 18.2 Å². The van der Waals surface area contributed by atoms with Crippen LogP contribution in [0, 0.1) is 5.92 Å². The highest BCUT2D eigenvalue weighted by atomic mass is 35.5. The van der Waals surface area contributed by atoms with Gasteiger partial charge in [-0.1, -0.05) is 37.3 Å². The minimum atomic E-state index is -1.36. The third kappa shape index (κ3) is 11.2. The monoisotopic (exact) mass is 258 g/mol. The van der Waals surface area contributed by atoms with Gasteiger partial charge in [0.15, 0.2) is 0 Å². The zero-order valence-corrected chi connectivity index (χ0v) is 10.7. The normalized spacial score (nSPS) is 11.2. The van der Waals surface area contributed by atoms with Gasteiger partial charge in [0.25, 0.3) is 0 Å². The zero-order valence-electron chi connectivity index (χ0n) is 9.97. The molecule has 0 aromatic heterocycles. The number of benzene rings is 1. The standard InChI is InChI=1S/C12H18O.CHClO2/c1-11(9-10-13)7-8-12-5-3-2-4-6-12;2-1(3)4/h2-6,11,13H,7-10H2,1H3;(H,3,4). The predicted octanol–water partition coefficient (Wildman–Crippen LogP) is 3.54. The van der Waals surface area contributed by atoms with E-state index < -0.39 is 5.43 Å². The van der Waals surface area contributed by atoms with Crippen molar-refractivity contribution in [3.63, 3.8) is 0 Å². The molecule has 4 heteroatoms. The fraction of sp³-hybridized carbons (Fsp3) is 0.462. The Balaban J connectivity index is 0.000000557. The lowest BCUT2D eigenvalue weighted by atomic mass is 9.99. The lowest BCUT2D eigenvalue weighted by Crippen LogP contribution is -1.99. The summed E-state index contributed by atoms with van der Waals surface area (Å²) in [5.74, 6) is 0.630. The molecule has 0 saturated heterocycles. The van der Waals surface area contributed by atoms with Gasteiger partial charge in [-0.25, -0.2) is 4.79 Å². The molecule has 0 aliphatic carbocycles. The fourth-order valence-electron chi connectivity index (χ4n) is 1.42. The summed E-state index contributed by atoms with van der Waals surface area (Å²) in [6.45, 7) is 2.51. The summed E-state index contributed by atoms with van der Waals surface area (Å²) in [7, 11) is 0. The average molecular weight is 259 g/mol. The van der Waals surface area contributed by atoms with Crippen LogP contribution in [-0.4, -0.2) is 22.2 Å². The van der Waals surface area contributed by atoms with Gasteiger partial charge < -0.3 is 10.2 Å². The molecule has 1 atom stereocenters. The topological polar surface area (TPSA) is 57.5 Å². The van der Waals surface area contributed by atoms with Crippen molar-refractivity contribution in [1.82, 2.24) is 0 Å². The number of aliphatic hydroxyl groups excluding tert-OH is 1. The van der Waals surface area contributed by atoms with Gasteiger partial charge in [-0.15, -0.1) is 0 Å². The second-order valence-corrected chi connectivity index (χ2v) is 4.22.